The lowest BCUT2D eigenvalue weighted by Crippen LogP contribution is -2.26. The van der Waals surface area contributed by atoms with Crippen molar-refractivity contribution in [2.75, 3.05) is 21.3 Å². The third-order valence-electron chi connectivity index (χ3n) is 6.80. The number of hydrogen-bond donors (Lipinski definition) is 1. The molecule has 0 bridgehead atoms. The first-order valence-corrected chi connectivity index (χ1v) is 14.2. The number of aromatic nitrogens is 3. The molecule has 13 heteroatoms. The van der Waals surface area contributed by atoms with Gasteiger partial charge in [-0.15, -0.1) is 0 Å². The van der Waals surface area contributed by atoms with Crippen LogP contribution in [0.2, 0.25) is 0 Å². The van der Waals surface area contributed by atoms with Crippen molar-refractivity contribution in [3.8, 4) is 11.3 Å². The minimum absolute atomic E-state index is 0.171. The molecule has 2 aromatic carbocycles. The van der Waals surface area contributed by atoms with Crippen molar-refractivity contribution < 1.29 is 42.6 Å². The number of carbonyl (C=O) groups excluding carboxylic acids is 3. The Morgan fingerprint density at radius 2 is 1.62 bits per heavy atom. The number of carbonyl (C=O) groups is 3. The van der Waals surface area contributed by atoms with Crippen LogP contribution >= 0.6 is 11.3 Å². The van der Waals surface area contributed by atoms with Gasteiger partial charge in [0.2, 0.25) is 11.5 Å². The monoisotopic (exact) mass is 628 g/mol. The summed E-state index contributed by atoms with van der Waals surface area (Å²) in [6.07, 6.45) is 1.67. The van der Waals surface area contributed by atoms with Gasteiger partial charge in [-0.3, -0.25) is 4.79 Å². The summed E-state index contributed by atoms with van der Waals surface area (Å²) in [6, 6.07) is 17.1. The van der Waals surface area contributed by atoms with Gasteiger partial charge in [0.25, 0.3) is 10.8 Å². The highest BCUT2D eigenvalue weighted by molar-refractivity contribution is 7.15. The van der Waals surface area contributed by atoms with Gasteiger partial charge in [0.15, 0.2) is 5.69 Å². The Hall–Kier alpha value is -5.82. The van der Waals surface area contributed by atoms with Crippen LogP contribution in [0.15, 0.2) is 99.0 Å². The summed E-state index contributed by atoms with van der Waals surface area (Å²) in [5.74, 6) is -3.90. The van der Waals surface area contributed by atoms with E-state index >= 15 is 0 Å². The number of ether oxygens (including phenoxy) is 3. The number of aliphatic hydroxyl groups is 1. The molecule has 0 spiro atoms. The van der Waals surface area contributed by atoms with Gasteiger partial charge in [-0.05, 0) is 0 Å². The molecule has 1 N–H and O–H groups in total. The normalized spacial score (nSPS) is 12.3. The van der Waals surface area contributed by atoms with Crippen molar-refractivity contribution in [2.45, 2.75) is 6.92 Å². The van der Waals surface area contributed by atoms with E-state index in [0.717, 1.165) is 27.4 Å². The van der Waals surface area contributed by atoms with Gasteiger partial charge < -0.3 is 23.7 Å². The average Bonchev–Trinajstić information content (AvgIpc) is 3.66. The maximum absolute atomic E-state index is 14.4. The summed E-state index contributed by atoms with van der Waals surface area (Å²) >= 11 is 1.34. The van der Waals surface area contributed by atoms with E-state index in [-0.39, 0.29) is 28.1 Å². The molecule has 0 aliphatic heterocycles. The molecule has 5 aromatic rings. The van der Waals surface area contributed by atoms with E-state index in [1.165, 1.54) is 20.5 Å². The molecule has 5 rings (SSSR count). The number of hydrogen-bond acceptors (Lipinski definition) is 11. The molecule has 0 aliphatic carbocycles. The molecular formula is C32H26N3O9S+. The Morgan fingerprint density at radius 1 is 0.956 bits per heavy atom. The SMILES string of the molecule is COC(=O)C(/C(=C(/O)OC)c1c(C(=O)OC)cc(=O)oc1-c1ccccc1)=C(\C(=O)c1ccccc1)n1n[n+]2ccsc2c1C. The standard InChI is InChI=1S/C32H25N3O9S/c1-18-29-34(15-16-45-29)33-35(18)26(27(37)19-11-7-5-8-12-19)25(32(40)43-4)24(31(39)42-3)23-21(30(38)41-2)17-22(36)44-28(23)20-13-9-6-10-14-20/h5-17H,1-4H3/p+1. The highest BCUT2D eigenvalue weighted by Crippen LogP contribution is 2.40. The minimum atomic E-state index is -1.10. The van der Waals surface area contributed by atoms with E-state index in [4.69, 9.17) is 18.6 Å². The van der Waals surface area contributed by atoms with Gasteiger partial charge in [-0.1, -0.05) is 81.2 Å². The Balaban J connectivity index is 2.02. The number of Topliss-reactive ketones (excluding diaryl/α,β-unsaturated/α-hetero) is 1. The van der Waals surface area contributed by atoms with Crippen molar-refractivity contribution in [1.82, 2.24) is 9.90 Å². The van der Waals surface area contributed by atoms with Crippen molar-refractivity contribution in [3.05, 3.63) is 123 Å². The molecule has 3 heterocycles. The zero-order chi connectivity index (χ0) is 32.2. The van der Waals surface area contributed by atoms with E-state index < -0.39 is 40.4 Å². The smallest absolute Gasteiger partial charge is 0.343 e. The third-order valence-corrected chi connectivity index (χ3v) is 7.77. The predicted molar refractivity (Wildman–Crippen MR) is 162 cm³/mol. The van der Waals surface area contributed by atoms with Gasteiger partial charge in [-0.2, -0.15) is 0 Å². The number of thiazole rings is 1. The number of rotatable bonds is 9. The minimum Gasteiger partial charge on any atom is -0.481 e. The highest BCUT2D eigenvalue weighted by atomic mass is 32.1. The van der Waals surface area contributed by atoms with Gasteiger partial charge in [0, 0.05) is 35.1 Å². The number of allylic oxidation sites excluding steroid dienone is 1. The van der Waals surface area contributed by atoms with Gasteiger partial charge in [-0.25, -0.2) is 14.4 Å². The van der Waals surface area contributed by atoms with Gasteiger partial charge >= 0.3 is 17.6 Å². The molecule has 3 aromatic heterocycles. The van der Waals surface area contributed by atoms with Crippen molar-refractivity contribution >= 4 is 45.2 Å². The Bertz CT molecular complexity index is 2060. The lowest BCUT2D eigenvalue weighted by Gasteiger charge is -2.19. The summed E-state index contributed by atoms with van der Waals surface area (Å²) in [4.78, 5) is 55.0. The Labute approximate surface area is 259 Å². The summed E-state index contributed by atoms with van der Waals surface area (Å²) in [6.45, 7) is 1.70. The van der Waals surface area contributed by atoms with Crippen molar-refractivity contribution in [3.63, 3.8) is 0 Å². The summed E-state index contributed by atoms with van der Waals surface area (Å²) in [5, 5.41) is 17.8. The number of benzene rings is 2. The van der Waals surface area contributed by atoms with Gasteiger partial charge in [0.05, 0.1) is 32.5 Å². The van der Waals surface area contributed by atoms with Crippen LogP contribution in [0.25, 0.3) is 27.4 Å². The zero-order valence-electron chi connectivity index (χ0n) is 24.5. The van der Waals surface area contributed by atoms with Crippen LogP contribution in [0.5, 0.6) is 0 Å². The lowest BCUT2D eigenvalue weighted by atomic mass is 9.88. The van der Waals surface area contributed by atoms with Crippen LogP contribution in [0.1, 0.15) is 32.0 Å². The first-order valence-electron chi connectivity index (χ1n) is 13.3. The number of aryl methyl sites for hydroxylation is 1. The van der Waals surface area contributed by atoms with Crippen LogP contribution in [0, 0.1) is 6.92 Å². The van der Waals surface area contributed by atoms with Crippen molar-refractivity contribution in [1.29, 1.82) is 0 Å². The molecule has 45 heavy (non-hydrogen) atoms. The largest absolute Gasteiger partial charge is 0.481 e. The fraction of sp³-hybridized carbons (Fsp3) is 0.125. The molecule has 0 fully saturated rings. The van der Waals surface area contributed by atoms with Crippen LogP contribution in [-0.4, -0.2) is 54.1 Å². The molecule has 0 saturated heterocycles. The third kappa shape index (κ3) is 5.63. The van der Waals surface area contributed by atoms with E-state index in [2.05, 4.69) is 5.21 Å². The van der Waals surface area contributed by atoms with E-state index in [1.807, 2.05) is 0 Å². The van der Waals surface area contributed by atoms with E-state index in [1.54, 1.807) is 79.2 Å². The maximum Gasteiger partial charge on any atom is 0.343 e. The first-order chi connectivity index (χ1) is 21.7. The second kappa shape index (κ2) is 12.8. The van der Waals surface area contributed by atoms with Gasteiger partial charge in [0.1, 0.15) is 22.7 Å². The molecule has 0 unspecified atom stereocenters. The fourth-order valence-corrected chi connectivity index (χ4v) is 5.54. The molecule has 12 nitrogen and oxygen atoms in total. The Morgan fingerprint density at radius 3 is 2.22 bits per heavy atom. The topological polar surface area (TPSA) is 151 Å². The highest BCUT2D eigenvalue weighted by Gasteiger charge is 2.40. The molecule has 228 valence electrons. The molecular weight excluding hydrogens is 602 g/mol. The quantitative estimate of drug-likeness (QED) is 0.0627. The van der Waals surface area contributed by atoms with Crippen LogP contribution < -0.4 is 10.1 Å². The fourth-order valence-electron chi connectivity index (χ4n) is 4.77. The first kappa shape index (κ1) is 30.6. The predicted octanol–water partition coefficient (Wildman–Crippen LogP) is 4.24. The maximum atomic E-state index is 14.4. The number of methoxy groups -OCH3 is 3. The van der Waals surface area contributed by atoms with Crippen LogP contribution in [0.3, 0.4) is 0 Å². The zero-order valence-corrected chi connectivity index (χ0v) is 25.3. The van der Waals surface area contributed by atoms with Crippen molar-refractivity contribution in [2.24, 2.45) is 0 Å². The number of aliphatic hydroxyl groups excluding tert-OH is 1. The molecule has 0 radical (unpaired) electrons. The average molecular weight is 629 g/mol. The lowest BCUT2D eigenvalue weighted by molar-refractivity contribution is -0.579. The summed E-state index contributed by atoms with van der Waals surface area (Å²) in [7, 11) is 3.30. The number of ketones is 1. The second-order valence-electron chi connectivity index (χ2n) is 9.37. The van der Waals surface area contributed by atoms with E-state index in [0.29, 0.717) is 16.1 Å². The number of esters is 2. The number of fused-ring (bicyclic) bond motifs is 1. The van der Waals surface area contributed by atoms with Crippen LogP contribution in [-0.2, 0) is 19.0 Å². The number of nitrogens with zero attached hydrogens (tertiary/aromatic N) is 3. The molecule has 0 atom stereocenters. The molecule has 0 aliphatic rings. The Kier molecular flexibility index (Phi) is 8.72. The molecule has 0 saturated carbocycles. The molecule has 0 amide bonds. The summed E-state index contributed by atoms with van der Waals surface area (Å²) in [5.41, 5.74) is -2.02. The van der Waals surface area contributed by atoms with Crippen LogP contribution in [0.4, 0.5) is 0 Å². The second-order valence-corrected chi connectivity index (χ2v) is 10.3. The summed E-state index contributed by atoms with van der Waals surface area (Å²) < 4.78 is 23.8. The van der Waals surface area contributed by atoms with E-state index in [9.17, 15) is 24.3 Å².